The van der Waals surface area contributed by atoms with E-state index < -0.39 is 11.9 Å². The topological polar surface area (TPSA) is 97.0 Å². The van der Waals surface area contributed by atoms with Crippen LogP contribution in [0.15, 0.2) is 45.7 Å². The maximum absolute atomic E-state index is 12.8. The SMILES string of the molecule is CSc1nc2c(c(=O)[nH]1)C(c1cccnc1)C(C(=O)OC(C)C)=C(C)N2. The number of ether oxygens (including phenoxy) is 1. The summed E-state index contributed by atoms with van der Waals surface area (Å²) in [5.41, 5.74) is 1.83. The number of carbonyl (C=O) groups is 1. The number of thioether (sulfide) groups is 1. The normalized spacial score (nSPS) is 16.3. The Balaban J connectivity index is 2.23. The van der Waals surface area contributed by atoms with Crippen molar-refractivity contribution in [1.82, 2.24) is 15.0 Å². The molecule has 0 fully saturated rings. The van der Waals surface area contributed by atoms with Crippen molar-refractivity contribution in [2.75, 3.05) is 11.6 Å². The molecule has 1 unspecified atom stereocenters. The highest BCUT2D eigenvalue weighted by Gasteiger charge is 2.36. The van der Waals surface area contributed by atoms with Crippen LogP contribution >= 0.6 is 11.8 Å². The number of carbonyl (C=O) groups excluding carboxylic acids is 1. The molecule has 0 radical (unpaired) electrons. The summed E-state index contributed by atoms with van der Waals surface area (Å²) in [6.07, 6.45) is 4.86. The van der Waals surface area contributed by atoms with Gasteiger partial charge in [0.1, 0.15) is 5.82 Å². The van der Waals surface area contributed by atoms with E-state index in [1.54, 1.807) is 39.2 Å². The maximum Gasteiger partial charge on any atom is 0.337 e. The molecule has 1 aliphatic rings. The lowest BCUT2D eigenvalue weighted by atomic mass is 9.83. The summed E-state index contributed by atoms with van der Waals surface area (Å²) in [5, 5.41) is 3.60. The first-order valence-electron chi connectivity index (χ1n) is 8.19. The Morgan fingerprint density at radius 3 is 2.77 bits per heavy atom. The van der Waals surface area contributed by atoms with Crippen LogP contribution in [-0.2, 0) is 9.53 Å². The number of aromatic nitrogens is 3. The summed E-state index contributed by atoms with van der Waals surface area (Å²) in [4.78, 5) is 36.9. The summed E-state index contributed by atoms with van der Waals surface area (Å²) >= 11 is 1.34. The van der Waals surface area contributed by atoms with Gasteiger partial charge in [0.15, 0.2) is 5.16 Å². The maximum atomic E-state index is 12.8. The molecule has 2 aromatic rings. The Labute approximate surface area is 155 Å². The number of nitrogens with zero attached hydrogens (tertiary/aromatic N) is 2. The number of pyridine rings is 1. The summed E-state index contributed by atoms with van der Waals surface area (Å²) in [6, 6.07) is 3.61. The van der Waals surface area contributed by atoms with E-state index in [9.17, 15) is 9.59 Å². The number of hydrogen-bond acceptors (Lipinski definition) is 7. The van der Waals surface area contributed by atoms with Gasteiger partial charge in [0.2, 0.25) is 0 Å². The Bertz CT molecular complexity index is 922. The highest BCUT2D eigenvalue weighted by molar-refractivity contribution is 7.98. The van der Waals surface area contributed by atoms with Crippen molar-refractivity contribution in [2.45, 2.75) is 37.9 Å². The minimum absolute atomic E-state index is 0.269. The number of aromatic amines is 1. The van der Waals surface area contributed by atoms with Crippen LogP contribution in [0.1, 0.15) is 37.8 Å². The lowest BCUT2D eigenvalue weighted by Crippen LogP contribution is -2.31. The van der Waals surface area contributed by atoms with E-state index in [1.165, 1.54) is 11.8 Å². The Morgan fingerprint density at radius 2 is 2.15 bits per heavy atom. The molecule has 3 rings (SSSR count). The largest absolute Gasteiger partial charge is 0.460 e. The number of allylic oxidation sites excluding steroid dienone is 1. The fraction of sp³-hybridized carbons (Fsp3) is 0.333. The summed E-state index contributed by atoms with van der Waals surface area (Å²) < 4.78 is 5.42. The van der Waals surface area contributed by atoms with Gasteiger partial charge in [-0.05, 0) is 38.7 Å². The summed E-state index contributed by atoms with van der Waals surface area (Å²) in [5.74, 6) is -0.609. The lowest BCUT2D eigenvalue weighted by Gasteiger charge is -2.29. The van der Waals surface area contributed by atoms with Crippen LogP contribution in [0.5, 0.6) is 0 Å². The van der Waals surface area contributed by atoms with E-state index in [0.717, 1.165) is 5.56 Å². The highest BCUT2D eigenvalue weighted by atomic mass is 32.2. The zero-order valence-electron chi connectivity index (χ0n) is 15.0. The van der Waals surface area contributed by atoms with E-state index >= 15 is 0 Å². The predicted octanol–water partition coefficient (Wildman–Crippen LogP) is 2.67. The molecule has 136 valence electrons. The van der Waals surface area contributed by atoms with Gasteiger partial charge in [0.05, 0.1) is 23.2 Å². The smallest absolute Gasteiger partial charge is 0.337 e. The van der Waals surface area contributed by atoms with Gasteiger partial charge in [-0.3, -0.25) is 9.78 Å². The standard InChI is InChI=1S/C18H20N4O3S/c1-9(2)25-17(24)12-10(3)20-15-14(16(23)22-18(21-15)26-4)13(12)11-6-5-7-19-8-11/h5-9,13H,1-4H3,(H2,20,21,22,23). The highest BCUT2D eigenvalue weighted by Crippen LogP contribution is 2.39. The molecule has 7 nitrogen and oxygen atoms in total. The molecular weight excluding hydrogens is 352 g/mol. The van der Waals surface area contributed by atoms with Crippen molar-refractivity contribution in [3.8, 4) is 0 Å². The van der Waals surface area contributed by atoms with E-state index in [2.05, 4.69) is 20.3 Å². The third kappa shape index (κ3) is 3.37. The molecule has 0 saturated heterocycles. The zero-order chi connectivity index (χ0) is 18.8. The minimum atomic E-state index is -0.599. The van der Waals surface area contributed by atoms with Crippen LogP contribution in [0.2, 0.25) is 0 Å². The fourth-order valence-corrected chi connectivity index (χ4v) is 3.33. The average Bonchev–Trinajstić information content (AvgIpc) is 2.60. The van der Waals surface area contributed by atoms with Crippen molar-refractivity contribution >= 4 is 23.5 Å². The van der Waals surface area contributed by atoms with E-state index in [1.807, 2.05) is 12.3 Å². The van der Waals surface area contributed by atoms with Crippen LogP contribution in [-0.4, -0.2) is 33.3 Å². The molecule has 26 heavy (non-hydrogen) atoms. The number of hydrogen-bond donors (Lipinski definition) is 2. The van der Waals surface area contributed by atoms with Crippen LogP contribution in [0.4, 0.5) is 5.82 Å². The monoisotopic (exact) mass is 372 g/mol. The molecule has 2 N–H and O–H groups in total. The van der Waals surface area contributed by atoms with Crippen molar-refractivity contribution in [1.29, 1.82) is 0 Å². The zero-order valence-corrected chi connectivity index (χ0v) is 15.8. The molecular formula is C18H20N4O3S. The third-order valence-electron chi connectivity index (χ3n) is 3.99. The molecule has 0 spiro atoms. The van der Waals surface area contributed by atoms with Gasteiger partial charge in [-0.1, -0.05) is 17.8 Å². The lowest BCUT2D eigenvalue weighted by molar-refractivity contribution is -0.143. The van der Waals surface area contributed by atoms with Crippen molar-refractivity contribution in [3.05, 3.63) is 57.3 Å². The summed E-state index contributed by atoms with van der Waals surface area (Å²) in [7, 11) is 0. The second-order valence-corrected chi connectivity index (χ2v) is 6.97. The Kier molecular flexibility index (Phi) is 5.13. The van der Waals surface area contributed by atoms with Gasteiger partial charge in [0, 0.05) is 18.1 Å². The molecule has 8 heteroatoms. The van der Waals surface area contributed by atoms with Crippen LogP contribution < -0.4 is 10.9 Å². The molecule has 3 heterocycles. The first-order valence-corrected chi connectivity index (χ1v) is 9.41. The second-order valence-electron chi connectivity index (χ2n) is 6.17. The molecule has 0 aliphatic carbocycles. The number of fused-ring (bicyclic) bond motifs is 1. The van der Waals surface area contributed by atoms with Gasteiger partial charge < -0.3 is 15.0 Å². The number of esters is 1. The van der Waals surface area contributed by atoms with Crippen molar-refractivity contribution in [3.63, 3.8) is 0 Å². The molecule has 2 aromatic heterocycles. The number of anilines is 1. The van der Waals surface area contributed by atoms with Crippen LogP contribution in [0.25, 0.3) is 0 Å². The van der Waals surface area contributed by atoms with Crippen molar-refractivity contribution < 1.29 is 9.53 Å². The van der Waals surface area contributed by atoms with E-state index in [-0.39, 0.29) is 11.7 Å². The predicted molar refractivity (Wildman–Crippen MR) is 100 cm³/mol. The second kappa shape index (κ2) is 7.33. The molecule has 0 aromatic carbocycles. The van der Waals surface area contributed by atoms with Gasteiger partial charge in [-0.25, -0.2) is 9.78 Å². The number of nitrogens with one attached hydrogen (secondary N) is 2. The van der Waals surface area contributed by atoms with Gasteiger partial charge in [-0.15, -0.1) is 0 Å². The molecule has 0 saturated carbocycles. The summed E-state index contributed by atoms with van der Waals surface area (Å²) in [6.45, 7) is 5.36. The molecule has 1 aliphatic heterocycles. The van der Waals surface area contributed by atoms with E-state index in [4.69, 9.17) is 4.74 Å². The van der Waals surface area contributed by atoms with Crippen LogP contribution in [0.3, 0.4) is 0 Å². The number of H-pyrrole nitrogens is 1. The third-order valence-corrected chi connectivity index (χ3v) is 4.57. The minimum Gasteiger partial charge on any atom is -0.460 e. The molecule has 0 bridgehead atoms. The average molecular weight is 372 g/mol. The van der Waals surface area contributed by atoms with Gasteiger partial charge in [0.25, 0.3) is 5.56 Å². The van der Waals surface area contributed by atoms with Gasteiger partial charge >= 0.3 is 5.97 Å². The molecule has 0 amide bonds. The van der Waals surface area contributed by atoms with E-state index in [0.29, 0.717) is 27.8 Å². The first kappa shape index (κ1) is 18.2. The van der Waals surface area contributed by atoms with Gasteiger partial charge in [-0.2, -0.15) is 0 Å². The Morgan fingerprint density at radius 1 is 1.38 bits per heavy atom. The first-order chi connectivity index (χ1) is 12.4. The van der Waals surface area contributed by atoms with Crippen LogP contribution in [0, 0.1) is 0 Å². The number of rotatable bonds is 4. The fourth-order valence-electron chi connectivity index (χ4n) is 2.96. The van der Waals surface area contributed by atoms with Crippen molar-refractivity contribution in [2.24, 2.45) is 0 Å². The quantitative estimate of drug-likeness (QED) is 0.484. The Hall–Kier alpha value is -2.61. The molecule has 1 atom stereocenters.